The van der Waals surface area contributed by atoms with Gasteiger partial charge in [-0.1, -0.05) is 60.7 Å². The number of imidazole rings is 1. The predicted octanol–water partition coefficient (Wildman–Crippen LogP) is 4.62. The molecule has 0 aliphatic rings. The van der Waals surface area contributed by atoms with Crippen LogP contribution in [0.15, 0.2) is 85.1 Å². The minimum absolute atomic E-state index is 0.0345. The van der Waals surface area contributed by atoms with Crippen molar-refractivity contribution in [1.29, 1.82) is 0 Å². The lowest BCUT2D eigenvalue weighted by Crippen LogP contribution is -2.46. The van der Waals surface area contributed by atoms with Gasteiger partial charge in [0.2, 0.25) is 5.91 Å². The molecule has 5 rings (SSSR count). The topological polar surface area (TPSA) is 85.6 Å². The zero-order valence-electron chi connectivity index (χ0n) is 18.5. The third-order valence-electron chi connectivity index (χ3n) is 6.03. The van der Waals surface area contributed by atoms with Gasteiger partial charge in [0.05, 0.1) is 29.7 Å². The van der Waals surface area contributed by atoms with E-state index in [-0.39, 0.29) is 11.9 Å². The van der Waals surface area contributed by atoms with E-state index in [9.17, 15) is 4.79 Å². The van der Waals surface area contributed by atoms with Gasteiger partial charge in [-0.05, 0) is 42.7 Å². The summed E-state index contributed by atoms with van der Waals surface area (Å²) in [6.45, 7) is 2.48. The first kappa shape index (κ1) is 21.0. The maximum atomic E-state index is 13.4. The number of H-pyrrole nitrogens is 2. The van der Waals surface area contributed by atoms with Gasteiger partial charge >= 0.3 is 0 Å². The Labute approximate surface area is 192 Å². The summed E-state index contributed by atoms with van der Waals surface area (Å²) in [4.78, 5) is 24.7. The largest absolute Gasteiger partial charge is 0.361 e. The van der Waals surface area contributed by atoms with Crippen LogP contribution in [0.5, 0.6) is 0 Å². The molecule has 6 heteroatoms. The van der Waals surface area contributed by atoms with Gasteiger partial charge < -0.3 is 15.3 Å². The van der Waals surface area contributed by atoms with Gasteiger partial charge in [-0.25, -0.2) is 4.98 Å². The Balaban J connectivity index is 1.36. The lowest BCUT2D eigenvalue weighted by atomic mass is 10.0. The number of carbonyl (C=O) groups is 1. The second-order valence-electron chi connectivity index (χ2n) is 8.34. The van der Waals surface area contributed by atoms with Crippen LogP contribution in [0.1, 0.15) is 29.9 Å². The fourth-order valence-corrected chi connectivity index (χ4v) is 4.23. The van der Waals surface area contributed by atoms with Gasteiger partial charge in [0.15, 0.2) is 0 Å². The molecule has 0 aliphatic carbocycles. The van der Waals surface area contributed by atoms with Crippen LogP contribution >= 0.6 is 0 Å². The van der Waals surface area contributed by atoms with E-state index < -0.39 is 6.04 Å². The number of nitrogens with one attached hydrogen (secondary N) is 4. The molecular formula is C27H27N5O. The summed E-state index contributed by atoms with van der Waals surface area (Å²) in [6, 6.07) is 25.6. The highest BCUT2D eigenvalue weighted by Gasteiger charge is 2.22. The van der Waals surface area contributed by atoms with E-state index in [1.807, 2.05) is 85.9 Å². The molecule has 6 nitrogen and oxygen atoms in total. The van der Waals surface area contributed by atoms with Crippen molar-refractivity contribution in [2.45, 2.75) is 32.0 Å². The molecule has 3 aromatic carbocycles. The molecule has 2 unspecified atom stereocenters. The molecule has 4 N–H and O–H groups in total. The lowest BCUT2D eigenvalue weighted by Gasteiger charge is -2.21. The molecule has 5 aromatic rings. The molecule has 2 heterocycles. The van der Waals surface area contributed by atoms with Crippen molar-refractivity contribution in [3.8, 4) is 0 Å². The molecule has 0 aliphatic heterocycles. The van der Waals surface area contributed by atoms with Gasteiger partial charge in [0, 0.05) is 17.1 Å². The lowest BCUT2D eigenvalue weighted by molar-refractivity contribution is -0.123. The predicted molar refractivity (Wildman–Crippen MR) is 132 cm³/mol. The number of fused-ring (bicyclic) bond motifs is 2. The smallest absolute Gasteiger partial charge is 0.237 e. The monoisotopic (exact) mass is 437 g/mol. The summed E-state index contributed by atoms with van der Waals surface area (Å²) < 4.78 is 0. The van der Waals surface area contributed by atoms with E-state index in [2.05, 4.69) is 31.7 Å². The Morgan fingerprint density at radius 3 is 2.48 bits per heavy atom. The molecule has 0 spiro atoms. The first-order valence-electron chi connectivity index (χ1n) is 11.2. The Morgan fingerprint density at radius 2 is 1.67 bits per heavy atom. The maximum absolute atomic E-state index is 13.4. The molecule has 2 aromatic heterocycles. The van der Waals surface area contributed by atoms with E-state index in [0.29, 0.717) is 13.0 Å². The molecule has 1 amide bonds. The number of nitrogens with zero attached hydrogens (tertiary/aromatic N) is 1. The van der Waals surface area contributed by atoms with Crippen molar-refractivity contribution >= 4 is 27.8 Å². The van der Waals surface area contributed by atoms with Crippen LogP contribution in [0.3, 0.4) is 0 Å². The number of benzene rings is 3. The average molecular weight is 438 g/mol. The molecule has 0 saturated carbocycles. The van der Waals surface area contributed by atoms with E-state index in [1.54, 1.807) is 0 Å². The van der Waals surface area contributed by atoms with E-state index >= 15 is 0 Å². The molecule has 0 fully saturated rings. The van der Waals surface area contributed by atoms with Crippen molar-refractivity contribution in [3.63, 3.8) is 0 Å². The normalized spacial score (nSPS) is 13.2. The number of hydrogen-bond donors (Lipinski definition) is 4. The molecule has 0 saturated heterocycles. The van der Waals surface area contributed by atoms with Crippen molar-refractivity contribution in [3.05, 3.63) is 102 Å². The van der Waals surface area contributed by atoms with Crippen LogP contribution in [0.4, 0.5) is 0 Å². The number of aromatic nitrogens is 3. The summed E-state index contributed by atoms with van der Waals surface area (Å²) in [7, 11) is 0. The first-order chi connectivity index (χ1) is 16.2. The van der Waals surface area contributed by atoms with Crippen molar-refractivity contribution in [2.75, 3.05) is 0 Å². The van der Waals surface area contributed by atoms with Crippen LogP contribution in [-0.2, 0) is 17.8 Å². The highest BCUT2D eigenvalue weighted by atomic mass is 16.2. The summed E-state index contributed by atoms with van der Waals surface area (Å²) in [5, 5.41) is 7.75. The number of para-hydroxylation sites is 3. The zero-order valence-corrected chi connectivity index (χ0v) is 18.5. The number of rotatable bonds is 8. The van der Waals surface area contributed by atoms with Gasteiger partial charge in [-0.2, -0.15) is 0 Å². The summed E-state index contributed by atoms with van der Waals surface area (Å²) in [5.74, 6) is 0.775. The molecule has 166 valence electrons. The summed E-state index contributed by atoms with van der Waals surface area (Å²) in [5.41, 5.74) is 5.17. The maximum Gasteiger partial charge on any atom is 0.237 e. The van der Waals surface area contributed by atoms with Crippen LogP contribution in [-0.4, -0.2) is 26.9 Å². The minimum atomic E-state index is -0.413. The van der Waals surface area contributed by atoms with Gasteiger partial charge in [0.1, 0.15) is 5.82 Å². The van der Waals surface area contributed by atoms with E-state index in [1.165, 1.54) is 0 Å². The number of carbonyl (C=O) groups excluding carboxylic acids is 1. The highest BCUT2D eigenvalue weighted by Crippen LogP contribution is 2.20. The van der Waals surface area contributed by atoms with Gasteiger partial charge in [-0.3, -0.25) is 10.1 Å². The summed E-state index contributed by atoms with van der Waals surface area (Å²) in [6.07, 6.45) is 2.56. The Morgan fingerprint density at radius 1 is 0.939 bits per heavy atom. The Kier molecular flexibility index (Phi) is 5.91. The van der Waals surface area contributed by atoms with Crippen LogP contribution in [0.25, 0.3) is 21.9 Å². The quantitative estimate of drug-likeness (QED) is 0.286. The van der Waals surface area contributed by atoms with Crippen molar-refractivity contribution < 1.29 is 4.79 Å². The fourth-order valence-electron chi connectivity index (χ4n) is 4.23. The Bertz CT molecular complexity index is 1340. The zero-order chi connectivity index (χ0) is 22.6. The number of aromatic amines is 2. The molecule has 2 atom stereocenters. The second-order valence-corrected chi connectivity index (χ2v) is 8.34. The van der Waals surface area contributed by atoms with E-state index in [0.717, 1.165) is 38.9 Å². The number of hydrogen-bond acceptors (Lipinski definition) is 3. The molecule has 0 bridgehead atoms. The minimum Gasteiger partial charge on any atom is -0.361 e. The van der Waals surface area contributed by atoms with Crippen molar-refractivity contribution in [2.24, 2.45) is 0 Å². The third-order valence-corrected chi connectivity index (χ3v) is 6.03. The van der Waals surface area contributed by atoms with Crippen molar-refractivity contribution in [1.82, 2.24) is 25.6 Å². The van der Waals surface area contributed by atoms with Crippen LogP contribution < -0.4 is 10.6 Å². The fraction of sp³-hybridized carbons (Fsp3) is 0.185. The first-order valence-corrected chi connectivity index (χ1v) is 11.2. The number of amides is 1. The SMILES string of the molecule is CC(NC(=O)C(Cc1c[nH]c2ccccc12)NCc1nc2ccccc2[nH]1)c1ccccc1. The van der Waals surface area contributed by atoms with E-state index in [4.69, 9.17) is 0 Å². The highest BCUT2D eigenvalue weighted by molar-refractivity contribution is 5.86. The van der Waals surface area contributed by atoms with Crippen LogP contribution in [0.2, 0.25) is 0 Å². The molecular weight excluding hydrogens is 410 g/mol. The standard InChI is InChI=1S/C27H27N5O/c1-18(19-9-3-2-4-10-19)30-27(33)25(15-20-16-28-22-12-6-5-11-21(20)22)29-17-26-31-23-13-7-8-14-24(23)32-26/h2-14,16,18,25,28-29H,15,17H2,1H3,(H,30,33)(H,31,32). The second kappa shape index (κ2) is 9.30. The summed E-state index contributed by atoms with van der Waals surface area (Å²) >= 11 is 0. The third kappa shape index (κ3) is 4.66. The van der Waals surface area contributed by atoms with Crippen LogP contribution in [0, 0.1) is 0 Å². The Hall–Kier alpha value is -3.90. The molecule has 33 heavy (non-hydrogen) atoms. The van der Waals surface area contributed by atoms with Gasteiger partial charge in [-0.15, -0.1) is 0 Å². The van der Waals surface area contributed by atoms with Gasteiger partial charge in [0.25, 0.3) is 0 Å². The molecule has 0 radical (unpaired) electrons. The average Bonchev–Trinajstić information content (AvgIpc) is 3.46.